The SMILES string of the molecule is COc1cc(/C=C(\C(=O)c2ccccc2)c2nc3ccccc3o2)cc(OC)c1OC. The number of aromatic nitrogens is 1. The lowest BCUT2D eigenvalue weighted by molar-refractivity contribution is 0.105. The quantitative estimate of drug-likeness (QED) is 0.302. The van der Waals surface area contributed by atoms with Gasteiger partial charge in [-0.25, -0.2) is 4.98 Å². The minimum atomic E-state index is -0.207. The Labute approximate surface area is 179 Å². The van der Waals surface area contributed by atoms with Crippen molar-refractivity contribution in [1.29, 1.82) is 0 Å². The van der Waals surface area contributed by atoms with Crippen LogP contribution in [0.5, 0.6) is 17.2 Å². The van der Waals surface area contributed by atoms with Crippen molar-refractivity contribution in [3.05, 3.63) is 83.7 Å². The van der Waals surface area contributed by atoms with Crippen molar-refractivity contribution >= 4 is 28.5 Å². The van der Waals surface area contributed by atoms with Gasteiger partial charge in [-0.15, -0.1) is 0 Å². The molecule has 0 unspecified atom stereocenters. The molecular formula is C25H21NO5. The Bertz CT molecular complexity index is 1200. The molecule has 0 atom stereocenters. The zero-order chi connectivity index (χ0) is 21.8. The van der Waals surface area contributed by atoms with Gasteiger partial charge in [-0.1, -0.05) is 42.5 Å². The molecule has 0 radical (unpaired) electrons. The summed E-state index contributed by atoms with van der Waals surface area (Å²) >= 11 is 0. The highest BCUT2D eigenvalue weighted by molar-refractivity contribution is 6.31. The third-order valence-electron chi connectivity index (χ3n) is 4.80. The number of hydrogen-bond donors (Lipinski definition) is 0. The van der Waals surface area contributed by atoms with Crippen LogP contribution in [0, 0.1) is 0 Å². The highest BCUT2D eigenvalue weighted by Crippen LogP contribution is 2.39. The second-order valence-electron chi connectivity index (χ2n) is 6.70. The average Bonchev–Trinajstić information content (AvgIpc) is 3.25. The van der Waals surface area contributed by atoms with Crippen LogP contribution in [-0.2, 0) is 0 Å². The van der Waals surface area contributed by atoms with Gasteiger partial charge in [0.15, 0.2) is 22.9 Å². The van der Waals surface area contributed by atoms with E-state index in [-0.39, 0.29) is 11.7 Å². The molecule has 6 heteroatoms. The predicted octanol–water partition coefficient (Wildman–Crippen LogP) is 5.28. The molecule has 0 bridgehead atoms. The standard InChI is InChI=1S/C25H21NO5/c1-28-21-14-16(15-22(29-2)24(21)30-3)13-18(23(27)17-9-5-4-6-10-17)25-26-19-11-7-8-12-20(19)31-25/h4-15H,1-3H3/b18-13+. The first-order valence-corrected chi connectivity index (χ1v) is 9.62. The maximum Gasteiger partial charge on any atom is 0.231 e. The normalized spacial score (nSPS) is 11.4. The molecule has 6 nitrogen and oxygen atoms in total. The van der Waals surface area contributed by atoms with Crippen molar-refractivity contribution in [2.75, 3.05) is 21.3 Å². The fourth-order valence-corrected chi connectivity index (χ4v) is 3.31. The molecule has 156 valence electrons. The Morgan fingerprint density at radius 2 is 1.52 bits per heavy atom. The second-order valence-corrected chi connectivity index (χ2v) is 6.70. The van der Waals surface area contributed by atoms with Crippen LogP contribution in [-0.4, -0.2) is 32.1 Å². The number of allylic oxidation sites excluding steroid dienone is 1. The summed E-state index contributed by atoms with van der Waals surface area (Å²) in [5, 5.41) is 0. The molecule has 4 aromatic rings. The van der Waals surface area contributed by atoms with E-state index in [1.807, 2.05) is 42.5 Å². The lowest BCUT2D eigenvalue weighted by Crippen LogP contribution is -2.03. The maximum absolute atomic E-state index is 13.4. The molecule has 1 heterocycles. The number of para-hydroxylation sites is 2. The maximum atomic E-state index is 13.4. The Kier molecular flexibility index (Phi) is 5.71. The lowest BCUT2D eigenvalue weighted by atomic mass is 10.0. The predicted molar refractivity (Wildman–Crippen MR) is 119 cm³/mol. The number of ketones is 1. The number of fused-ring (bicyclic) bond motifs is 1. The van der Waals surface area contributed by atoms with E-state index in [4.69, 9.17) is 18.6 Å². The van der Waals surface area contributed by atoms with Gasteiger partial charge < -0.3 is 18.6 Å². The van der Waals surface area contributed by atoms with E-state index in [2.05, 4.69) is 4.98 Å². The molecule has 0 spiro atoms. The molecule has 0 saturated carbocycles. The first kappa shape index (κ1) is 20.2. The molecule has 1 aromatic heterocycles. The fraction of sp³-hybridized carbons (Fsp3) is 0.120. The number of hydrogen-bond acceptors (Lipinski definition) is 6. The van der Waals surface area contributed by atoms with Crippen LogP contribution >= 0.6 is 0 Å². The molecule has 0 saturated heterocycles. The summed E-state index contributed by atoms with van der Waals surface area (Å²) < 4.78 is 22.2. The number of rotatable bonds is 7. The lowest BCUT2D eigenvalue weighted by Gasteiger charge is -2.13. The number of carbonyl (C=O) groups is 1. The summed E-state index contributed by atoms with van der Waals surface area (Å²) in [5.41, 5.74) is 2.81. The monoisotopic (exact) mass is 415 g/mol. The molecule has 0 aliphatic rings. The number of oxazole rings is 1. The third kappa shape index (κ3) is 4.00. The number of methoxy groups -OCH3 is 3. The van der Waals surface area contributed by atoms with Crippen LogP contribution in [0.2, 0.25) is 0 Å². The first-order chi connectivity index (χ1) is 15.1. The van der Waals surface area contributed by atoms with Crippen LogP contribution < -0.4 is 14.2 Å². The highest BCUT2D eigenvalue weighted by atomic mass is 16.5. The van der Waals surface area contributed by atoms with Gasteiger partial charge in [0.25, 0.3) is 0 Å². The smallest absolute Gasteiger partial charge is 0.231 e. The Morgan fingerprint density at radius 3 is 2.13 bits per heavy atom. The van der Waals surface area contributed by atoms with E-state index >= 15 is 0 Å². The van der Waals surface area contributed by atoms with Crippen molar-refractivity contribution in [1.82, 2.24) is 4.98 Å². The number of benzene rings is 3. The summed E-state index contributed by atoms with van der Waals surface area (Å²) in [6.45, 7) is 0. The van der Waals surface area contributed by atoms with E-state index < -0.39 is 0 Å². The van der Waals surface area contributed by atoms with Crippen molar-refractivity contribution < 1.29 is 23.4 Å². The van der Waals surface area contributed by atoms with Crippen molar-refractivity contribution in [3.63, 3.8) is 0 Å². The van der Waals surface area contributed by atoms with Gasteiger partial charge in [0.2, 0.25) is 11.6 Å². The van der Waals surface area contributed by atoms with Gasteiger partial charge in [-0.3, -0.25) is 4.79 Å². The Hall–Kier alpha value is -4.06. The fourth-order valence-electron chi connectivity index (χ4n) is 3.31. The van der Waals surface area contributed by atoms with Crippen LogP contribution in [0.15, 0.2) is 71.1 Å². The molecule has 3 aromatic carbocycles. The van der Waals surface area contributed by atoms with Crippen molar-refractivity contribution in [3.8, 4) is 17.2 Å². The highest BCUT2D eigenvalue weighted by Gasteiger charge is 2.21. The average molecular weight is 415 g/mol. The second kappa shape index (κ2) is 8.75. The molecule has 4 rings (SSSR count). The minimum Gasteiger partial charge on any atom is -0.493 e. The van der Waals surface area contributed by atoms with Crippen molar-refractivity contribution in [2.45, 2.75) is 0 Å². The van der Waals surface area contributed by atoms with Crippen LogP contribution in [0.3, 0.4) is 0 Å². The third-order valence-corrected chi connectivity index (χ3v) is 4.80. The van der Waals surface area contributed by atoms with Gasteiger partial charge in [0, 0.05) is 5.56 Å². The summed E-state index contributed by atoms with van der Waals surface area (Å²) in [6, 6.07) is 19.9. The van der Waals surface area contributed by atoms with Crippen molar-refractivity contribution in [2.24, 2.45) is 0 Å². The first-order valence-electron chi connectivity index (χ1n) is 9.62. The van der Waals surface area contributed by atoms with Crippen LogP contribution in [0.25, 0.3) is 22.7 Å². The van der Waals surface area contributed by atoms with E-state index in [1.54, 1.807) is 51.7 Å². The zero-order valence-corrected chi connectivity index (χ0v) is 17.4. The summed E-state index contributed by atoms with van der Waals surface area (Å²) in [6.07, 6.45) is 1.71. The van der Waals surface area contributed by atoms with Gasteiger partial charge in [0.05, 0.1) is 26.9 Å². The molecule has 0 amide bonds. The van der Waals surface area contributed by atoms with E-state index in [0.29, 0.717) is 45.0 Å². The molecule has 31 heavy (non-hydrogen) atoms. The largest absolute Gasteiger partial charge is 0.493 e. The number of nitrogens with zero attached hydrogens (tertiary/aromatic N) is 1. The summed E-state index contributed by atoms with van der Waals surface area (Å²) in [4.78, 5) is 17.9. The summed E-state index contributed by atoms with van der Waals surface area (Å²) in [7, 11) is 4.63. The van der Waals surface area contributed by atoms with Gasteiger partial charge in [0.1, 0.15) is 5.52 Å². The Morgan fingerprint density at radius 1 is 0.871 bits per heavy atom. The Balaban J connectivity index is 1.90. The van der Waals surface area contributed by atoms with E-state index in [0.717, 1.165) is 0 Å². The molecular weight excluding hydrogens is 394 g/mol. The van der Waals surface area contributed by atoms with E-state index in [1.165, 1.54) is 0 Å². The molecule has 0 N–H and O–H groups in total. The van der Waals surface area contributed by atoms with Gasteiger partial charge in [-0.05, 0) is 35.9 Å². The molecule has 0 aliphatic heterocycles. The topological polar surface area (TPSA) is 70.8 Å². The summed E-state index contributed by atoms with van der Waals surface area (Å²) in [5.74, 6) is 1.47. The number of ether oxygens (including phenoxy) is 3. The molecule has 0 aliphatic carbocycles. The van der Waals surface area contributed by atoms with Crippen LogP contribution in [0.4, 0.5) is 0 Å². The molecule has 0 fully saturated rings. The van der Waals surface area contributed by atoms with Gasteiger partial charge in [-0.2, -0.15) is 0 Å². The zero-order valence-electron chi connectivity index (χ0n) is 17.4. The number of carbonyl (C=O) groups excluding carboxylic acids is 1. The van der Waals surface area contributed by atoms with Crippen LogP contribution in [0.1, 0.15) is 21.8 Å². The van der Waals surface area contributed by atoms with E-state index in [9.17, 15) is 4.79 Å². The number of Topliss-reactive ketones (excluding diaryl/α,β-unsaturated/α-hetero) is 1. The van der Waals surface area contributed by atoms with Gasteiger partial charge >= 0.3 is 0 Å². The minimum absolute atomic E-state index is 0.207.